The molecule has 6 nitrogen and oxygen atoms in total. The molecule has 27 heavy (non-hydrogen) atoms. The quantitative estimate of drug-likeness (QED) is 0.528. The molecular formula is C19H19F2N5O. The highest BCUT2D eigenvalue weighted by atomic mass is 19.2. The lowest BCUT2D eigenvalue weighted by molar-refractivity contribution is 0.292. The molecule has 0 unspecified atom stereocenters. The molecule has 0 aliphatic rings. The van der Waals surface area contributed by atoms with Gasteiger partial charge in [0.25, 0.3) is 0 Å². The minimum Gasteiger partial charge on any atom is -0.396 e. The van der Waals surface area contributed by atoms with E-state index in [9.17, 15) is 8.78 Å². The lowest BCUT2D eigenvalue weighted by atomic mass is 10.2. The second kappa shape index (κ2) is 9.00. The van der Waals surface area contributed by atoms with Crippen LogP contribution in [0.1, 0.15) is 12.0 Å². The Labute approximate surface area is 155 Å². The van der Waals surface area contributed by atoms with E-state index in [2.05, 4.69) is 25.6 Å². The highest BCUT2D eigenvalue weighted by Gasteiger charge is 2.08. The first-order chi connectivity index (χ1) is 13.2. The minimum atomic E-state index is -0.889. The van der Waals surface area contributed by atoms with Crippen molar-refractivity contribution in [2.24, 2.45) is 0 Å². The van der Waals surface area contributed by atoms with Crippen LogP contribution in [-0.2, 0) is 6.54 Å². The number of rotatable bonds is 8. The molecule has 3 aromatic rings. The smallest absolute Gasteiger partial charge is 0.225 e. The molecule has 0 spiro atoms. The summed E-state index contributed by atoms with van der Waals surface area (Å²) in [6.07, 6.45) is 3.93. The van der Waals surface area contributed by atoms with Crippen molar-refractivity contribution >= 4 is 11.8 Å². The molecular weight excluding hydrogens is 352 g/mol. The molecule has 2 heterocycles. The van der Waals surface area contributed by atoms with E-state index < -0.39 is 11.6 Å². The summed E-state index contributed by atoms with van der Waals surface area (Å²) in [7, 11) is 0. The van der Waals surface area contributed by atoms with E-state index in [1.165, 1.54) is 6.07 Å². The number of anilines is 2. The Bertz CT molecular complexity index is 893. The normalized spacial score (nSPS) is 10.6. The molecule has 3 N–H and O–H groups in total. The van der Waals surface area contributed by atoms with Gasteiger partial charge in [0, 0.05) is 43.7 Å². The molecule has 3 rings (SSSR count). The van der Waals surface area contributed by atoms with Gasteiger partial charge in [-0.3, -0.25) is 4.98 Å². The van der Waals surface area contributed by atoms with Crippen LogP contribution in [0, 0.1) is 11.6 Å². The number of pyridine rings is 1. The molecule has 0 fully saturated rings. The van der Waals surface area contributed by atoms with E-state index in [1.807, 2.05) is 12.1 Å². The first-order valence-electron chi connectivity index (χ1n) is 8.48. The van der Waals surface area contributed by atoms with E-state index in [0.717, 1.165) is 17.7 Å². The van der Waals surface area contributed by atoms with Crippen LogP contribution in [0.5, 0.6) is 0 Å². The number of benzene rings is 1. The van der Waals surface area contributed by atoms with Crippen LogP contribution in [0.4, 0.5) is 20.5 Å². The molecule has 2 aromatic heterocycles. The monoisotopic (exact) mass is 371 g/mol. The fourth-order valence-corrected chi connectivity index (χ4v) is 2.40. The van der Waals surface area contributed by atoms with Crippen LogP contribution in [0.25, 0.3) is 11.3 Å². The summed E-state index contributed by atoms with van der Waals surface area (Å²) in [5, 5.41) is 15.1. The zero-order valence-corrected chi connectivity index (χ0v) is 14.5. The number of hydrogen-bond donors (Lipinski definition) is 3. The molecule has 140 valence electrons. The van der Waals surface area contributed by atoms with Crippen molar-refractivity contribution in [2.45, 2.75) is 13.0 Å². The third kappa shape index (κ3) is 5.18. The largest absolute Gasteiger partial charge is 0.396 e. The van der Waals surface area contributed by atoms with Crippen molar-refractivity contribution in [3.63, 3.8) is 0 Å². The standard InChI is InChI=1S/C19H19F2N5O/c20-15-5-4-13(9-16(15)21)11-24-18-10-17(14-3-1-6-22-12-14)25-19(26-18)23-7-2-8-27/h1,3-6,9-10,12,27H,2,7-8,11H2,(H2,23,24,25,26). The van der Waals surface area contributed by atoms with E-state index in [-0.39, 0.29) is 13.2 Å². The van der Waals surface area contributed by atoms with Gasteiger partial charge in [0.2, 0.25) is 5.95 Å². The van der Waals surface area contributed by atoms with Gasteiger partial charge < -0.3 is 15.7 Å². The predicted molar refractivity (Wildman–Crippen MR) is 99.1 cm³/mol. The second-order valence-corrected chi connectivity index (χ2v) is 5.81. The summed E-state index contributed by atoms with van der Waals surface area (Å²) in [4.78, 5) is 12.9. The molecule has 0 saturated carbocycles. The van der Waals surface area contributed by atoms with Gasteiger partial charge in [-0.25, -0.2) is 13.8 Å². The van der Waals surface area contributed by atoms with Crippen LogP contribution in [0.2, 0.25) is 0 Å². The van der Waals surface area contributed by atoms with Gasteiger partial charge in [-0.15, -0.1) is 0 Å². The van der Waals surface area contributed by atoms with Crippen LogP contribution in [0.3, 0.4) is 0 Å². The van der Waals surface area contributed by atoms with E-state index in [4.69, 9.17) is 5.11 Å². The van der Waals surface area contributed by atoms with Crippen LogP contribution in [0.15, 0.2) is 48.8 Å². The summed E-state index contributed by atoms with van der Waals surface area (Å²) in [5.41, 5.74) is 2.07. The van der Waals surface area contributed by atoms with Crippen molar-refractivity contribution in [2.75, 3.05) is 23.8 Å². The van der Waals surface area contributed by atoms with Crippen molar-refractivity contribution in [3.05, 3.63) is 66.0 Å². The number of aromatic nitrogens is 3. The maximum atomic E-state index is 13.4. The minimum absolute atomic E-state index is 0.0660. The molecule has 1 aromatic carbocycles. The van der Waals surface area contributed by atoms with Crippen LogP contribution in [-0.4, -0.2) is 33.2 Å². The lowest BCUT2D eigenvalue weighted by Crippen LogP contribution is -2.10. The Morgan fingerprint density at radius 2 is 1.89 bits per heavy atom. The third-order valence-corrected chi connectivity index (χ3v) is 3.76. The Morgan fingerprint density at radius 3 is 2.63 bits per heavy atom. The van der Waals surface area contributed by atoms with E-state index in [0.29, 0.717) is 36.0 Å². The molecule has 0 amide bonds. The van der Waals surface area contributed by atoms with Gasteiger partial charge in [-0.1, -0.05) is 6.07 Å². The average molecular weight is 371 g/mol. The third-order valence-electron chi connectivity index (χ3n) is 3.76. The van der Waals surface area contributed by atoms with Crippen LogP contribution >= 0.6 is 0 Å². The predicted octanol–water partition coefficient (Wildman–Crippen LogP) is 3.22. The van der Waals surface area contributed by atoms with Crippen molar-refractivity contribution in [1.82, 2.24) is 15.0 Å². The summed E-state index contributed by atoms with van der Waals surface area (Å²) in [5.74, 6) is -0.841. The van der Waals surface area contributed by atoms with E-state index in [1.54, 1.807) is 18.5 Å². The van der Waals surface area contributed by atoms with Gasteiger partial charge in [0.05, 0.1) is 5.69 Å². The fourth-order valence-electron chi connectivity index (χ4n) is 2.40. The van der Waals surface area contributed by atoms with Crippen LogP contribution < -0.4 is 10.6 Å². The van der Waals surface area contributed by atoms with Gasteiger partial charge >= 0.3 is 0 Å². The molecule has 0 atom stereocenters. The number of hydrogen-bond acceptors (Lipinski definition) is 6. The van der Waals surface area contributed by atoms with Gasteiger partial charge in [0.15, 0.2) is 11.6 Å². The lowest BCUT2D eigenvalue weighted by Gasteiger charge is -2.11. The topological polar surface area (TPSA) is 83.0 Å². The van der Waals surface area contributed by atoms with Crippen molar-refractivity contribution < 1.29 is 13.9 Å². The molecule has 8 heteroatoms. The van der Waals surface area contributed by atoms with Crippen molar-refractivity contribution in [3.8, 4) is 11.3 Å². The number of nitrogens with zero attached hydrogens (tertiary/aromatic N) is 3. The number of nitrogens with one attached hydrogen (secondary N) is 2. The SMILES string of the molecule is OCCCNc1nc(NCc2ccc(F)c(F)c2)cc(-c2cccnc2)n1. The summed E-state index contributed by atoms with van der Waals surface area (Å²) >= 11 is 0. The Balaban J connectivity index is 1.81. The van der Waals surface area contributed by atoms with Gasteiger partial charge in [0.1, 0.15) is 5.82 Å². The number of halogens is 2. The van der Waals surface area contributed by atoms with Crippen molar-refractivity contribution in [1.29, 1.82) is 0 Å². The van der Waals surface area contributed by atoms with E-state index >= 15 is 0 Å². The highest BCUT2D eigenvalue weighted by Crippen LogP contribution is 2.21. The number of aliphatic hydroxyl groups excluding tert-OH is 1. The first kappa shape index (κ1) is 18.7. The summed E-state index contributed by atoms with van der Waals surface area (Å²) in [6, 6.07) is 9.20. The Morgan fingerprint density at radius 1 is 1.00 bits per heavy atom. The highest BCUT2D eigenvalue weighted by molar-refractivity contribution is 5.63. The zero-order chi connectivity index (χ0) is 19.1. The molecule has 0 aliphatic heterocycles. The maximum Gasteiger partial charge on any atom is 0.225 e. The molecule has 0 aliphatic carbocycles. The second-order valence-electron chi connectivity index (χ2n) is 5.81. The van der Waals surface area contributed by atoms with Gasteiger partial charge in [-0.05, 0) is 36.2 Å². The Kier molecular flexibility index (Phi) is 6.22. The average Bonchev–Trinajstić information content (AvgIpc) is 2.70. The Hall–Kier alpha value is -3.13. The molecule has 0 bridgehead atoms. The maximum absolute atomic E-state index is 13.4. The zero-order valence-electron chi connectivity index (χ0n) is 14.5. The first-order valence-corrected chi connectivity index (χ1v) is 8.48. The fraction of sp³-hybridized carbons (Fsp3) is 0.211. The summed E-state index contributed by atoms with van der Waals surface area (Å²) < 4.78 is 26.4. The van der Waals surface area contributed by atoms with Gasteiger partial charge in [-0.2, -0.15) is 4.98 Å². The number of aliphatic hydroxyl groups is 1. The molecule has 0 radical (unpaired) electrons. The summed E-state index contributed by atoms with van der Waals surface area (Å²) in [6.45, 7) is 0.864. The molecule has 0 saturated heterocycles.